The molecule has 4 nitrogen and oxygen atoms in total. The Labute approximate surface area is 92.7 Å². The molecule has 0 atom stereocenters. The second-order valence-corrected chi connectivity index (χ2v) is 3.99. The predicted octanol–water partition coefficient (Wildman–Crippen LogP) is 2.23. The van der Waals surface area contributed by atoms with Crippen LogP contribution in [0.3, 0.4) is 0 Å². The SMILES string of the molecule is CCNc1sc(C(=O)CC)c(N)c1C#N. The standard InChI is InChI=1S/C10H13N3OS/c1-3-7(14)9-8(12)6(5-11)10(15-9)13-4-2/h13H,3-4,12H2,1-2H3. The topological polar surface area (TPSA) is 78.9 Å². The van der Waals surface area contributed by atoms with Crippen molar-refractivity contribution >= 4 is 27.8 Å². The second kappa shape index (κ2) is 4.80. The number of carbonyl (C=O) groups is 1. The van der Waals surface area contributed by atoms with Gasteiger partial charge in [0.1, 0.15) is 16.6 Å². The first-order chi connectivity index (χ1) is 7.15. The molecule has 0 bridgehead atoms. The zero-order chi connectivity index (χ0) is 11.4. The number of nitriles is 1. The molecule has 15 heavy (non-hydrogen) atoms. The van der Waals surface area contributed by atoms with Crippen LogP contribution in [0.1, 0.15) is 35.5 Å². The number of nitrogen functional groups attached to an aromatic ring is 1. The number of nitrogens with zero attached hydrogens (tertiary/aromatic N) is 1. The average Bonchev–Trinajstić information content (AvgIpc) is 2.55. The van der Waals surface area contributed by atoms with E-state index in [0.29, 0.717) is 34.1 Å². The second-order valence-electron chi connectivity index (χ2n) is 2.97. The lowest BCUT2D eigenvalue weighted by Gasteiger charge is -1.97. The van der Waals surface area contributed by atoms with E-state index in [4.69, 9.17) is 11.0 Å². The summed E-state index contributed by atoms with van der Waals surface area (Å²) >= 11 is 1.26. The van der Waals surface area contributed by atoms with Crippen molar-refractivity contribution < 1.29 is 4.79 Å². The van der Waals surface area contributed by atoms with Crippen molar-refractivity contribution in [2.45, 2.75) is 20.3 Å². The Morgan fingerprint density at radius 1 is 1.60 bits per heavy atom. The molecule has 3 N–H and O–H groups in total. The number of carbonyl (C=O) groups excluding carboxylic acids is 1. The number of anilines is 2. The first-order valence-corrected chi connectivity index (χ1v) is 5.56. The van der Waals surface area contributed by atoms with Crippen LogP contribution >= 0.6 is 11.3 Å². The molecule has 0 saturated heterocycles. The molecule has 0 aliphatic heterocycles. The Hall–Kier alpha value is -1.54. The maximum absolute atomic E-state index is 11.5. The highest BCUT2D eigenvalue weighted by Gasteiger charge is 2.19. The summed E-state index contributed by atoms with van der Waals surface area (Å²) in [6, 6.07) is 2.02. The average molecular weight is 223 g/mol. The van der Waals surface area contributed by atoms with Gasteiger partial charge < -0.3 is 11.1 Å². The van der Waals surface area contributed by atoms with Crippen molar-refractivity contribution in [3.8, 4) is 6.07 Å². The molecule has 0 aliphatic rings. The van der Waals surface area contributed by atoms with E-state index in [9.17, 15) is 4.79 Å². The summed E-state index contributed by atoms with van der Waals surface area (Å²) < 4.78 is 0. The van der Waals surface area contributed by atoms with Gasteiger partial charge in [0.05, 0.1) is 10.6 Å². The fraction of sp³-hybridized carbons (Fsp3) is 0.400. The highest BCUT2D eigenvalue weighted by atomic mass is 32.1. The zero-order valence-corrected chi connectivity index (χ0v) is 9.57. The van der Waals surface area contributed by atoms with E-state index in [2.05, 4.69) is 5.32 Å². The van der Waals surface area contributed by atoms with Gasteiger partial charge >= 0.3 is 0 Å². The Kier molecular flexibility index (Phi) is 3.69. The van der Waals surface area contributed by atoms with E-state index in [1.807, 2.05) is 13.0 Å². The third-order valence-corrected chi connectivity index (χ3v) is 3.17. The van der Waals surface area contributed by atoms with Crippen molar-refractivity contribution in [1.29, 1.82) is 5.26 Å². The summed E-state index contributed by atoms with van der Waals surface area (Å²) in [5.41, 5.74) is 6.45. The third-order valence-electron chi connectivity index (χ3n) is 1.97. The number of ketones is 1. The van der Waals surface area contributed by atoms with Gasteiger partial charge in [-0.15, -0.1) is 11.3 Å². The summed E-state index contributed by atoms with van der Waals surface area (Å²) in [6.07, 6.45) is 0.404. The van der Waals surface area contributed by atoms with Gasteiger partial charge in [0.2, 0.25) is 0 Å². The van der Waals surface area contributed by atoms with E-state index in [1.54, 1.807) is 6.92 Å². The predicted molar refractivity (Wildman–Crippen MR) is 62.2 cm³/mol. The largest absolute Gasteiger partial charge is 0.396 e. The number of rotatable bonds is 4. The van der Waals surface area contributed by atoms with Gasteiger partial charge in [0.15, 0.2) is 5.78 Å². The van der Waals surface area contributed by atoms with Crippen molar-refractivity contribution in [3.05, 3.63) is 10.4 Å². The monoisotopic (exact) mass is 223 g/mol. The molecule has 0 spiro atoms. The fourth-order valence-corrected chi connectivity index (χ4v) is 2.36. The Bertz CT molecular complexity index is 417. The Morgan fingerprint density at radius 3 is 2.73 bits per heavy atom. The van der Waals surface area contributed by atoms with Crippen LogP contribution in [0.25, 0.3) is 0 Å². The lowest BCUT2D eigenvalue weighted by Crippen LogP contribution is -1.99. The molecule has 0 radical (unpaired) electrons. The molecule has 5 heteroatoms. The number of Topliss-reactive ketones (excluding diaryl/α,β-unsaturated/α-hetero) is 1. The van der Waals surface area contributed by atoms with Gasteiger partial charge in [0.25, 0.3) is 0 Å². The summed E-state index contributed by atoms with van der Waals surface area (Å²) in [5.74, 6) is -0.0156. The first kappa shape index (κ1) is 11.5. The van der Waals surface area contributed by atoms with Crippen LogP contribution in [0.5, 0.6) is 0 Å². The van der Waals surface area contributed by atoms with Crippen molar-refractivity contribution in [2.24, 2.45) is 0 Å². The van der Waals surface area contributed by atoms with Crippen LogP contribution in [-0.2, 0) is 0 Å². The minimum Gasteiger partial charge on any atom is -0.396 e. The molecular weight excluding hydrogens is 210 g/mol. The molecule has 0 amide bonds. The van der Waals surface area contributed by atoms with Crippen molar-refractivity contribution in [2.75, 3.05) is 17.6 Å². The van der Waals surface area contributed by atoms with Crippen LogP contribution in [0, 0.1) is 11.3 Å². The van der Waals surface area contributed by atoms with E-state index in [1.165, 1.54) is 11.3 Å². The maximum atomic E-state index is 11.5. The molecular formula is C10H13N3OS. The van der Waals surface area contributed by atoms with Crippen LogP contribution in [-0.4, -0.2) is 12.3 Å². The molecule has 0 fully saturated rings. The number of nitrogens with one attached hydrogen (secondary N) is 1. The van der Waals surface area contributed by atoms with E-state index in [-0.39, 0.29) is 5.78 Å². The number of hydrogen-bond acceptors (Lipinski definition) is 5. The van der Waals surface area contributed by atoms with Crippen molar-refractivity contribution in [3.63, 3.8) is 0 Å². The van der Waals surface area contributed by atoms with Crippen LogP contribution in [0.4, 0.5) is 10.7 Å². The lowest BCUT2D eigenvalue weighted by atomic mass is 10.2. The van der Waals surface area contributed by atoms with Crippen LogP contribution < -0.4 is 11.1 Å². The normalized spacial score (nSPS) is 9.67. The molecule has 0 aliphatic carbocycles. The van der Waals surface area contributed by atoms with Crippen molar-refractivity contribution in [1.82, 2.24) is 0 Å². The number of thiophene rings is 1. The third kappa shape index (κ3) is 2.10. The van der Waals surface area contributed by atoms with Gasteiger partial charge in [-0.2, -0.15) is 5.26 Å². The van der Waals surface area contributed by atoms with Gasteiger partial charge in [-0.05, 0) is 6.92 Å². The first-order valence-electron chi connectivity index (χ1n) is 4.75. The molecule has 0 aromatic carbocycles. The van der Waals surface area contributed by atoms with Gasteiger partial charge in [-0.25, -0.2) is 0 Å². The number of hydrogen-bond donors (Lipinski definition) is 2. The van der Waals surface area contributed by atoms with E-state index >= 15 is 0 Å². The molecule has 0 saturated carbocycles. The lowest BCUT2D eigenvalue weighted by molar-refractivity contribution is 0.0993. The van der Waals surface area contributed by atoms with Gasteiger partial charge in [-0.3, -0.25) is 4.79 Å². The van der Waals surface area contributed by atoms with Gasteiger partial charge in [0, 0.05) is 13.0 Å². The quantitative estimate of drug-likeness (QED) is 0.767. The molecule has 1 rings (SSSR count). The molecule has 1 aromatic heterocycles. The van der Waals surface area contributed by atoms with Crippen LogP contribution in [0.2, 0.25) is 0 Å². The van der Waals surface area contributed by atoms with Gasteiger partial charge in [-0.1, -0.05) is 6.92 Å². The minimum atomic E-state index is -0.0156. The molecule has 80 valence electrons. The van der Waals surface area contributed by atoms with Crippen LogP contribution in [0.15, 0.2) is 0 Å². The Balaban J connectivity index is 3.22. The highest BCUT2D eigenvalue weighted by Crippen LogP contribution is 2.35. The summed E-state index contributed by atoms with van der Waals surface area (Å²) in [6.45, 7) is 4.41. The summed E-state index contributed by atoms with van der Waals surface area (Å²) in [5, 5.41) is 12.6. The summed E-state index contributed by atoms with van der Waals surface area (Å²) in [7, 11) is 0. The molecule has 1 heterocycles. The molecule has 0 unspecified atom stereocenters. The number of nitrogens with two attached hydrogens (primary N) is 1. The zero-order valence-electron chi connectivity index (χ0n) is 8.76. The smallest absolute Gasteiger partial charge is 0.174 e. The highest BCUT2D eigenvalue weighted by molar-refractivity contribution is 7.19. The maximum Gasteiger partial charge on any atom is 0.174 e. The Morgan fingerprint density at radius 2 is 2.27 bits per heavy atom. The minimum absolute atomic E-state index is 0.0156. The van der Waals surface area contributed by atoms with E-state index < -0.39 is 0 Å². The molecule has 1 aromatic rings. The van der Waals surface area contributed by atoms with E-state index in [0.717, 1.165) is 0 Å². The summed E-state index contributed by atoms with van der Waals surface area (Å²) in [4.78, 5) is 12.0. The fourth-order valence-electron chi connectivity index (χ4n) is 1.21.